The first-order valence-electron chi connectivity index (χ1n) is 9.58. The second-order valence-corrected chi connectivity index (χ2v) is 8.16. The van der Waals surface area contributed by atoms with Crippen molar-refractivity contribution in [3.05, 3.63) is 118 Å². The van der Waals surface area contributed by atoms with Gasteiger partial charge in [0.05, 0.1) is 0 Å². The van der Waals surface area contributed by atoms with Crippen LogP contribution in [0.4, 0.5) is 5.13 Å². The maximum atomic E-state index is 12.0. The smallest absolute Gasteiger partial charge is 0.360 e. The molecule has 0 aliphatic heterocycles. The Morgan fingerprint density at radius 1 is 0.969 bits per heavy atom. The predicted octanol–water partition coefficient (Wildman–Crippen LogP) is 5.18. The zero-order valence-corrected chi connectivity index (χ0v) is 18.3. The molecule has 6 nitrogen and oxygen atoms in total. The van der Waals surface area contributed by atoms with Crippen LogP contribution >= 0.6 is 22.9 Å². The topological polar surface area (TPSA) is 97.8 Å². The zero-order valence-electron chi connectivity index (χ0n) is 16.7. The second-order valence-electron chi connectivity index (χ2n) is 6.83. The number of nitrogens with two attached hydrogens (primary N) is 1. The highest BCUT2D eigenvalue weighted by molar-refractivity contribution is 7.13. The number of aliphatic carboxylic acids is 1. The molecule has 0 fully saturated rings. The van der Waals surface area contributed by atoms with Crippen molar-refractivity contribution in [2.45, 2.75) is 5.60 Å². The van der Waals surface area contributed by atoms with E-state index < -0.39 is 11.6 Å². The molecule has 8 heteroatoms. The van der Waals surface area contributed by atoms with Gasteiger partial charge in [-0.2, -0.15) is 0 Å². The summed E-state index contributed by atoms with van der Waals surface area (Å²) < 4.78 is 0. The number of oxime groups is 1. The Morgan fingerprint density at radius 2 is 1.56 bits per heavy atom. The number of carbonyl (C=O) groups is 1. The van der Waals surface area contributed by atoms with Crippen molar-refractivity contribution < 1.29 is 14.7 Å². The lowest BCUT2D eigenvalue weighted by Gasteiger charge is -2.33. The van der Waals surface area contributed by atoms with Crippen molar-refractivity contribution >= 4 is 39.8 Å². The Balaban J connectivity index is 1.97. The van der Waals surface area contributed by atoms with Crippen LogP contribution < -0.4 is 5.73 Å². The molecule has 4 rings (SSSR count). The lowest BCUT2D eigenvalue weighted by Crippen LogP contribution is -2.32. The molecule has 0 radical (unpaired) electrons. The minimum atomic E-state index is -1.28. The Morgan fingerprint density at radius 3 is 2.06 bits per heavy atom. The largest absolute Gasteiger partial charge is 0.476 e. The molecule has 0 aliphatic rings. The van der Waals surface area contributed by atoms with Gasteiger partial charge in [0.15, 0.2) is 5.13 Å². The molecule has 0 saturated heterocycles. The lowest BCUT2D eigenvalue weighted by molar-refractivity contribution is -0.129. The van der Waals surface area contributed by atoms with E-state index in [1.54, 1.807) is 12.1 Å². The summed E-state index contributed by atoms with van der Waals surface area (Å²) in [5.74, 6) is -1.28. The number of nitrogens with zero attached hydrogens (tertiary/aromatic N) is 2. The lowest BCUT2D eigenvalue weighted by atomic mass is 9.80. The molecule has 0 unspecified atom stereocenters. The Hall–Kier alpha value is -3.68. The number of halogens is 1. The maximum Gasteiger partial charge on any atom is 0.360 e. The number of carboxylic acid groups (broad SMARTS) is 1. The third-order valence-electron chi connectivity index (χ3n) is 4.83. The molecule has 3 N–H and O–H groups in total. The standard InChI is InChI=1S/C24H18ClN3O3S/c25-19-13-7-12-18(14-19)24(16-8-3-1-4-9-16,17-10-5-2-6-11-17)31-28-21(22(29)30)20-15-32-23(26)27-20/h1-15H,(H2,26,27)(H,29,30). The number of anilines is 1. The van der Waals surface area contributed by atoms with Gasteiger partial charge in [0.2, 0.25) is 11.3 Å². The summed E-state index contributed by atoms with van der Waals surface area (Å²) in [5.41, 5.74) is 6.39. The van der Waals surface area contributed by atoms with Crippen molar-refractivity contribution in [2.24, 2.45) is 5.16 Å². The highest BCUT2D eigenvalue weighted by Crippen LogP contribution is 2.41. The first-order chi connectivity index (χ1) is 15.5. The van der Waals surface area contributed by atoms with Gasteiger partial charge in [-0.3, -0.25) is 0 Å². The monoisotopic (exact) mass is 463 g/mol. The van der Waals surface area contributed by atoms with E-state index in [4.69, 9.17) is 22.2 Å². The van der Waals surface area contributed by atoms with E-state index in [-0.39, 0.29) is 16.5 Å². The van der Waals surface area contributed by atoms with Gasteiger partial charge in [-0.05, 0) is 12.1 Å². The van der Waals surface area contributed by atoms with E-state index in [2.05, 4.69) is 10.1 Å². The molecule has 1 heterocycles. The molecule has 0 aliphatic carbocycles. The van der Waals surface area contributed by atoms with Gasteiger partial charge in [-0.15, -0.1) is 11.3 Å². The molecule has 0 atom stereocenters. The van der Waals surface area contributed by atoms with Gasteiger partial charge < -0.3 is 15.7 Å². The van der Waals surface area contributed by atoms with Crippen LogP contribution in [-0.2, 0) is 15.2 Å². The number of benzene rings is 3. The summed E-state index contributed by atoms with van der Waals surface area (Å²) >= 11 is 7.45. The number of rotatable bonds is 7. The van der Waals surface area contributed by atoms with E-state index in [0.29, 0.717) is 10.6 Å². The molecule has 1 aromatic heterocycles. The molecule has 160 valence electrons. The fourth-order valence-corrected chi connectivity index (χ4v) is 4.16. The third-order valence-corrected chi connectivity index (χ3v) is 5.74. The van der Waals surface area contributed by atoms with Crippen LogP contribution in [0.3, 0.4) is 0 Å². The van der Waals surface area contributed by atoms with Crippen LogP contribution in [-0.4, -0.2) is 21.8 Å². The number of thiazole rings is 1. The first-order valence-corrected chi connectivity index (χ1v) is 10.8. The molecule has 0 saturated carbocycles. The zero-order chi connectivity index (χ0) is 22.6. The SMILES string of the molecule is Nc1nc(C(=NOC(c2ccccc2)(c2ccccc2)c2cccc(Cl)c2)C(=O)O)cs1. The quantitative estimate of drug-likeness (QED) is 0.223. The van der Waals surface area contributed by atoms with Gasteiger partial charge in [0, 0.05) is 27.1 Å². The summed E-state index contributed by atoms with van der Waals surface area (Å²) in [6.45, 7) is 0. The van der Waals surface area contributed by atoms with Crippen LogP contribution in [0.1, 0.15) is 22.4 Å². The van der Waals surface area contributed by atoms with E-state index in [9.17, 15) is 9.90 Å². The summed E-state index contributed by atoms with van der Waals surface area (Å²) in [6, 6.07) is 26.1. The van der Waals surface area contributed by atoms with Crippen molar-refractivity contribution in [2.75, 3.05) is 5.73 Å². The van der Waals surface area contributed by atoms with E-state index in [1.165, 1.54) is 5.38 Å². The molecule has 0 bridgehead atoms. The van der Waals surface area contributed by atoms with E-state index >= 15 is 0 Å². The summed E-state index contributed by atoms with van der Waals surface area (Å²) in [6.07, 6.45) is 0. The van der Waals surface area contributed by atoms with Crippen LogP contribution in [0.5, 0.6) is 0 Å². The number of hydrogen-bond donors (Lipinski definition) is 2. The Bertz CT molecular complexity index is 1220. The van der Waals surface area contributed by atoms with Gasteiger partial charge in [-0.25, -0.2) is 9.78 Å². The van der Waals surface area contributed by atoms with Crippen molar-refractivity contribution in [1.82, 2.24) is 4.98 Å². The molecular formula is C24H18ClN3O3S. The van der Waals surface area contributed by atoms with Crippen LogP contribution in [0.25, 0.3) is 0 Å². The molecular weight excluding hydrogens is 446 g/mol. The first kappa shape index (κ1) is 21.5. The minimum Gasteiger partial charge on any atom is -0.476 e. The maximum absolute atomic E-state index is 12.0. The minimum absolute atomic E-state index is 0.126. The highest BCUT2D eigenvalue weighted by Gasteiger charge is 2.40. The fourth-order valence-electron chi connectivity index (χ4n) is 3.42. The van der Waals surface area contributed by atoms with Crippen LogP contribution in [0.15, 0.2) is 95.5 Å². The molecule has 32 heavy (non-hydrogen) atoms. The Labute approximate surface area is 193 Å². The number of carboxylic acids is 1. The van der Waals surface area contributed by atoms with Gasteiger partial charge in [-0.1, -0.05) is 89.6 Å². The third kappa shape index (κ3) is 4.21. The highest BCUT2D eigenvalue weighted by atomic mass is 35.5. The summed E-state index contributed by atoms with van der Waals surface area (Å²) in [7, 11) is 0. The fraction of sp³-hybridized carbons (Fsp3) is 0.0417. The van der Waals surface area contributed by atoms with E-state index in [0.717, 1.165) is 22.5 Å². The van der Waals surface area contributed by atoms with Crippen molar-refractivity contribution in [3.63, 3.8) is 0 Å². The Kier molecular flexibility index (Phi) is 6.20. The van der Waals surface area contributed by atoms with Crippen molar-refractivity contribution in [3.8, 4) is 0 Å². The molecule has 4 aromatic rings. The number of nitrogen functional groups attached to an aromatic ring is 1. The number of aromatic nitrogens is 1. The summed E-state index contributed by atoms with van der Waals surface area (Å²) in [4.78, 5) is 22.2. The predicted molar refractivity (Wildman–Crippen MR) is 126 cm³/mol. The van der Waals surface area contributed by atoms with Gasteiger partial charge in [0.1, 0.15) is 5.69 Å². The molecule has 0 amide bonds. The van der Waals surface area contributed by atoms with E-state index in [1.807, 2.05) is 72.8 Å². The van der Waals surface area contributed by atoms with Gasteiger partial charge >= 0.3 is 5.97 Å². The molecule has 3 aromatic carbocycles. The molecule has 0 spiro atoms. The normalized spacial score (nSPS) is 11.8. The van der Waals surface area contributed by atoms with Crippen LogP contribution in [0.2, 0.25) is 5.02 Å². The number of hydrogen-bond acceptors (Lipinski definition) is 6. The second kappa shape index (κ2) is 9.21. The van der Waals surface area contributed by atoms with Crippen LogP contribution in [0, 0.1) is 0 Å². The summed E-state index contributed by atoms with van der Waals surface area (Å²) in [5, 5.41) is 16.2. The average Bonchev–Trinajstić information content (AvgIpc) is 3.23. The van der Waals surface area contributed by atoms with Gasteiger partial charge in [0.25, 0.3) is 0 Å². The average molecular weight is 464 g/mol. The van der Waals surface area contributed by atoms with Crippen molar-refractivity contribution in [1.29, 1.82) is 0 Å².